The van der Waals surface area contributed by atoms with Gasteiger partial charge in [-0.3, -0.25) is 4.79 Å². The average Bonchev–Trinajstić information content (AvgIpc) is 3.41. The van der Waals surface area contributed by atoms with E-state index >= 15 is 0 Å². The van der Waals surface area contributed by atoms with Crippen LogP contribution >= 0.6 is 15.9 Å². The second kappa shape index (κ2) is 10.3. The van der Waals surface area contributed by atoms with Gasteiger partial charge in [0, 0.05) is 44.4 Å². The van der Waals surface area contributed by atoms with Crippen LogP contribution < -0.4 is 0 Å². The molecule has 1 saturated heterocycles. The van der Waals surface area contributed by atoms with Gasteiger partial charge in [0.05, 0.1) is 5.33 Å². The summed E-state index contributed by atoms with van der Waals surface area (Å²) in [6.07, 6.45) is 15.5. The minimum absolute atomic E-state index is 0.317. The van der Waals surface area contributed by atoms with Gasteiger partial charge >= 0.3 is 0 Å². The van der Waals surface area contributed by atoms with Gasteiger partial charge < -0.3 is 14.5 Å². The van der Waals surface area contributed by atoms with Crippen molar-refractivity contribution in [3.63, 3.8) is 0 Å². The Morgan fingerprint density at radius 2 is 1.36 bits per heavy atom. The van der Waals surface area contributed by atoms with Crippen LogP contribution in [0.4, 0.5) is 0 Å². The fourth-order valence-electron chi connectivity index (χ4n) is 5.85. The van der Waals surface area contributed by atoms with E-state index in [2.05, 4.69) is 25.7 Å². The van der Waals surface area contributed by atoms with Crippen LogP contribution in [0.3, 0.4) is 0 Å². The number of amides is 1. The van der Waals surface area contributed by atoms with E-state index in [-0.39, 0.29) is 0 Å². The predicted molar refractivity (Wildman–Crippen MR) is 117 cm³/mol. The maximum absolute atomic E-state index is 12.6. The summed E-state index contributed by atoms with van der Waals surface area (Å²) in [5.41, 5.74) is 0. The molecular weight excluding hydrogens is 416 g/mol. The first-order valence-electron chi connectivity index (χ1n) is 11.9. The zero-order valence-electron chi connectivity index (χ0n) is 17.5. The third kappa shape index (κ3) is 5.51. The summed E-state index contributed by atoms with van der Waals surface area (Å²) in [7, 11) is 0. The number of ether oxygens (including phenoxy) is 1. The topological polar surface area (TPSA) is 32.8 Å². The van der Waals surface area contributed by atoms with Gasteiger partial charge in [0.1, 0.15) is 0 Å². The summed E-state index contributed by atoms with van der Waals surface area (Å²) in [6, 6.07) is 1.75. The molecule has 0 unspecified atom stereocenters. The van der Waals surface area contributed by atoms with Crippen molar-refractivity contribution in [2.24, 2.45) is 11.8 Å². The Labute approximate surface area is 179 Å². The first kappa shape index (κ1) is 21.1. The maximum atomic E-state index is 12.6. The largest absolute Gasteiger partial charge is 0.381 e. The number of alkyl halides is 1. The van der Waals surface area contributed by atoms with E-state index in [1.807, 2.05) is 0 Å². The normalized spacial score (nSPS) is 30.6. The van der Waals surface area contributed by atoms with Gasteiger partial charge in [0.2, 0.25) is 5.91 Å². The third-order valence-corrected chi connectivity index (χ3v) is 8.23. The minimum atomic E-state index is 0.317. The van der Waals surface area contributed by atoms with Gasteiger partial charge in [-0.15, -0.1) is 0 Å². The van der Waals surface area contributed by atoms with E-state index in [0.717, 1.165) is 31.1 Å². The molecule has 28 heavy (non-hydrogen) atoms. The Kier molecular flexibility index (Phi) is 7.74. The standard InChI is InChI=1S/C23H39BrN2O2/c24-15-23(27)26(21-3-1-2-4-21)22-11-13-25(14-12-22)20-9-7-19(8-10-20)17-28-16-18-5-6-18/h18-22H,1-17H2/t19-,20+. The van der Waals surface area contributed by atoms with Gasteiger partial charge in [-0.1, -0.05) is 28.8 Å². The molecule has 3 saturated carbocycles. The zero-order chi connectivity index (χ0) is 19.3. The lowest BCUT2D eigenvalue weighted by atomic mass is 9.85. The Bertz CT molecular complexity index is 491. The van der Waals surface area contributed by atoms with Crippen LogP contribution in [-0.4, -0.2) is 65.5 Å². The monoisotopic (exact) mass is 454 g/mol. The molecule has 4 nitrogen and oxygen atoms in total. The SMILES string of the molecule is O=C(CBr)N(C1CCCC1)C1CCN([C@H]2CC[C@@H](COCC3CC3)CC2)CC1. The third-order valence-electron chi connectivity index (χ3n) is 7.75. The number of likely N-dealkylation sites (tertiary alicyclic amines) is 1. The number of hydrogen-bond donors (Lipinski definition) is 0. The molecule has 0 atom stereocenters. The molecule has 1 aliphatic heterocycles. The lowest BCUT2D eigenvalue weighted by Crippen LogP contribution is -2.53. The molecule has 1 heterocycles. The van der Waals surface area contributed by atoms with Crippen LogP contribution in [0.2, 0.25) is 0 Å². The Morgan fingerprint density at radius 1 is 0.821 bits per heavy atom. The quantitative estimate of drug-likeness (QED) is 0.502. The van der Waals surface area contributed by atoms with Crippen LogP contribution in [0.1, 0.15) is 77.0 Å². The first-order valence-corrected chi connectivity index (χ1v) is 13.1. The molecule has 4 aliphatic rings. The lowest BCUT2D eigenvalue weighted by molar-refractivity contribution is -0.134. The van der Waals surface area contributed by atoms with Gasteiger partial charge in [0.25, 0.3) is 0 Å². The molecule has 3 aliphatic carbocycles. The molecule has 0 spiro atoms. The van der Waals surface area contributed by atoms with E-state index in [1.54, 1.807) is 0 Å². The van der Waals surface area contributed by atoms with Crippen molar-refractivity contribution in [3.8, 4) is 0 Å². The fourth-order valence-corrected chi connectivity index (χ4v) is 6.14. The molecule has 0 radical (unpaired) electrons. The minimum Gasteiger partial charge on any atom is -0.381 e. The number of nitrogens with zero attached hydrogens (tertiary/aromatic N) is 2. The molecule has 0 aromatic carbocycles. The van der Waals surface area contributed by atoms with E-state index in [0.29, 0.717) is 23.3 Å². The Hall–Kier alpha value is -0.130. The molecule has 1 amide bonds. The smallest absolute Gasteiger partial charge is 0.233 e. The summed E-state index contributed by atoms with van der Waals surface area (Å²) in [6.45, 7) is 4.36. The molecule has 0 bridgehead atoms. The van der Waals surface area contributed by atoms with E-state index in [4.69, 9.17) is 4.74 Å². The van der Waals surface area contributed by atoms with Gasteiger partial charge in [-0.2, -0.15) is 0 Å². The maximum Gasteiger partial charge on any atom is 0.233 e. The second-order valence-corrected chi connectivity index (χ2v) is 10.4. The summed E-state index contributed by atoms with van der Waals surface area (Å²) < 4.78 is 5.95. The molecule has 4 fully saturated rings. The number of rotatable bonds is 8. The summed E-state index contributed by atoms with van der Waals surface area (Å²) in [5, 5.41) is 0.483. The van der Waals surface area contributed by atoms with Crippen molar-refractivity contribution in [3.05, 3.63) is 0 Å². The molecule has 160 valence electrons. The fraction of sp³-hybridized carbons (Fsp3) is 0.957. The van der Waals surface area contributed by atoms with Gasteiger partial charge in [-0.25, -0.2) is 0 Å². The second-order valence-electron chi connectivity index (χ2n) is 9.80. The predicted octanol–water partition coefficient (Wildman–Crippen LogP) is 4.60. The highest BCUT2D eigenvalue weighted by Gasteiger charge is 2.36. The van der Waals surface area contributed by atoms with E-state index < -0.39 is 0 Å². The Balaban J connectivity index is 1.19. The van der Waals surface area contributed by atoms with Crippen LogP contribution in [0.15, 0.2) is 0 Å². The molecular formula is C23H39BrN2O2. The number of carbonyl (C=O) groups is 1. The highest BCUT2D eigenvalue weighted by Crippen LogP contribution is 2.33. The summed E-state index contributed by atoms with van der Waals surface area (Å²) >= 11 is 3.43. The molecule has 0 aromatic rings. The zero-order valence-corrected chi connectivity index (χ0v) is 19.1. The van der Waals surface area contributed by atoms with Crippen LogP contribution in [0.25, 0.3) is 0 Å². The van der Waals surface area contributed by atoms with Crippen molar-refractivity contribution in [1.82, 2.24) is 9.80 Å². The number of carbonyl (C=O) groups excluding carboxylic acids is 1. The van der Waals surface area contributed by atoms with Gasteiger partial charge in [-0.05, 0) is 76.0 Å². The first-order chi connectivity index (χ1) is 13.7. The molecule has 4 rings (SSSR count). The molecule has 5 heteroatoms. The van der Waals surface area contributed by atoms with Crippen LogP contribution in [0, 0.1) is 11.8 Å². The van der Waals surface area contributed by atoms with Gasteiger partial charge in [0.15, 0.2) is 0 Å². The van der Waals surface area contributed by atoms with E-state index in [1.165, 1.54) is 90.1 Å². The van der Waals surface area contributed by atoms with Crippen molar-refractivity contribution < 1.29 is 9.53 Å². The van der Waals surface area contributed by atoms with E-state index in [9.17, 15) is 4.79 Å². The van der Waals surface area contributed by atoms with Crippen LogP contribution in [-0.2, 0) is 9.53 Å². The number of hydrogen-bond acceptors (Lipinski definition) is 3. The van der Waals surface area contributed by atoms with Crippen LogP contribution in [0.5, 0.6) is 0 Å². The van der Waals surface area contributed by atoms with Crippen molar-refractivity contribution in [2.75, 3.05) is 31.6 Å². The summed E-state index contributed by atoms with van der Waals surface area (Å²) in [5.74, 6) is 2.00. The molecule has 0 N–H and O–H groups in total. The summed E-state index contributed by atoms with van der Waals surface area (Å²) in [4.78, 5) is 17.6. The Morgan fingerprint density at radius 3 is 1.89 bits per heavy atom. The van der Waals surface area contributed by atoms with Crippen molar-refractivity contribution in [1.29, 1.82) is 0 Å². The number of halogens is 1. The molecule has 0 aromatic heterocycles. The number of piperidine rings is 1. The lowest BCUT2D eigenvalue weighted by Gasteiger charge is -2.45. The highest BCUT2D eigenvalue weighted by atomic mass is 79.9. The highest BCUT2D eigenvalue weighted by molar-refractivity contribution is 9.09. The average molecular weight is 455 g/mol. The van der Waals surface area contributed by atoms with Crippen molar-refractivity contribution in [2.45, 2.75) is 95.2 Å². The van der Waals surface area contributed by atoms with Crippen molar-refractivity contribution >= 4 is 21.8 Å².